The van der Waals surface area contributed by atoms with Gasteiger partial charge in [0.25, 0.3) is 0 Å². The molecule has 0 unspecified atom stereocenters. The lowest BCUT2D eigenvalue weighted by Crippen LogP contribution is -2.06. The summed E-state index contributed by atoms with van der Waals surface area (Å²) in [6.07, 6.45) is 3.67. The van der Waals surface area contributed by atoms with Crippen LogP contribution < -0.4 is 5.32 Å². The summed E-state index contributed by atoms with van der Waals surface area (Å²) in [5.74, 6) is 0.539. The van der Waals surface area contributed by atoms with Crippen LogP contribution in [-0.4, -0.2) is 9.55 Å². The molecule has 5 heteroatoms. The first-order valence-corrected chi connectivity index (χ1v) is 6.40. The highest BCUT2D eigenvalue weighted by Gasteiger charge is 2.08. The third kappa shape index (κ3) is 2.77. The van der Waals surface area contributed by atoms with Crippen LogP contribution >= 0.6 is 22.6 Å². The molecule has 90 valence electrons. The van der Waals surface area contributed by atoms with Gasteiger partial charge in [0.05, 0.1) is 5.69 Å². The number of hydrogen-bond acceptors (Lipinski definition) is 2. The zero-order valence-corrected chi connectivity index (χ0v) is 11.8. The summed E-state index contributed by atoms with van der Waals surface area (Å²) < 4.78 is 15.8. The Morgan fingerprint density at radius 1 is 1.41 bits per heavy atom. The molecular formula is C12H13FIN3. The standard InChI is InChI=1S/C12H13FIN3/c1-8(2)17-6-5-15-12(17)16-11-4-3-9(13)7-10(11)14/h3-8H,1-2H3,(H,15,16). The highest BCUT2D eigenvalue weighted by molar-refractivity contribution is 14.1. The van der Waals surface area contributed by atoms with E-state index in [0.29, 0.717) is 6.04 Å². The summed E-state index contributed by atoms with van der Waals surface area (Å²) in [6, 6.07) is 4.98. The average molecular weight is 345 g/mol. The predicted octanol–water partition coefficient (Wildman–Crippen LogP) is 3.95. The second kappa shape index (κ2) is 5.03. The van der Waals surface area contributed by atoms with Gasteiger partial charge < -0.3 is 9.88 Å². The minimum atomic E-state index is -0.229. The van der Waals surface area contributed by atoms with Gasteiger partial charge in [0.2, 0.25) is 5.95 Å². The van der Waals surface area contributed by atoms with Gasteiger partial charge in [0, 0.05) is 22.0 Å². The first kappa shape index (κ1) is 12.3. The van der Waals surface area contributed by atoms with Crippen LogP contribution in [0.1, 0.15) is 19.9 Å². The van der Waals surface area contributed by atoms with Crippen molar-refractivity contribution < 1.29 is 4.39 Å². The molecule has 0 atom stereocenters. The maximum Gasteiger partial charge on any atom is 0.207 e. The second-order valence-electron chi connectivity index (χ2n) is 4.00. The maximum atomic E-state index is 13.0. The van der Waals surface area contributed by atoms with E-state index in [1.165, 1.54) is 12.1 Å². The van der Waals surface area contributed by atoms with Crippen molar-refractivity contribution in [3.63, 3.8) is 0 Å². The molecule has 0 saturated carbocycles. The van der Waals surface area contributed by atoms with Gasteiger partial charge >= 0.3 is 0 Å². The molecule has 0 bridgehead atoms. The number of aromatic nitrogens is 2. The number of hydrogen-bond donors (Lipinski definition) is 1. The molecule has 1 aromatic carbocycles. The topological polar surface area (TPSA) is 29.9 Å². The van der Waals surface area contributed by atoms with Crippen LogP contribution in [0.2, 0.25) is 0 Å². The number of rotatable bonds is 3. The van der Waals surface area contributed by atoms with E-state index in [-0.39, 0.29) is 5.82 Å². The van der Waals surface area contributed by atoms with Gasteiger partial charge in [-0.1, -0.05) is 0 Å². The summed E-state index contributed by atoms with van der Waals surface area (Å²) >= 11 is 2.10. The summed E-state index contributed by atoms with van der Waals surface area (Å²) in [7, 11) is 0. The normalized spacial score (nSPS) is 10.9. The van der Waals surface area contributed by atoms with Crippen molar-refractivity contribution in [1.82, 2.24) is 9.55 Å². The summed E-state index contributed by atoms with van der Waals surface area (Å²) in [6.45, 7) is 4.17. The first-order valence-electron chi connectivity index (χ1n) is 5.33. The lowest BCUT2D eigenvalue weighted by molar-refractivity contribution is 0.607. The Labute approximate surface area is 113 Å². The zero-order chi connectivity index (χ0) is 12.4. The third-order valence-corrected chi connectivity index (χ3v) is 3.30. The molecule has 3 nitrogen and oxygen atoms in total. The molecule has 0 radical (unpaired) electrons. The van der Waals surface area contributed by atoms with Crippen LogP contribution in [0, 0.1) is 9.39 Å². The fourth-order valence-corrected chi connectivity index (χ4v) is 2.15. The molecule has 0 aliphatic carbocycles. The molecule has 0 fully saturated rings. The summed E-state index contributed by atoms with van der Waals surface area (Å²) in [5.41, 5.74) is 0.861. The lowest BCUT2D eigenvalue weighted by atomic mass is 10.3. The number of nitrogens with zero attached hydrogens (tertiary/aromatic N) is 2. The monoisotopic (exact) mass is 345 g/mol. The Balaban J connectivity index is 2.28. The SMILES string of the molecule is CC(C)n1ccnc1Nc1ccc(F)cc1I. The van der Waals surface area contributed by atoms with Gasteiger partial charge in [-0.25, -0.2) is 9.37 Å². The minimum absolute atomic E-state index is 0.229. The van der Waals surface area contributed by atoms with E-state index in [2.05, 4.69) is 46.7 Å². The van der Waals surface area contributed by atoms with Gasteiger partial charge in [-0.05, 0) is 54.6 Å². The van der Waals surface area contributed by atoms with Crippen LogP contribution in [0.4, 0.5) is 16.0 Å². The lowest BCUT2D eigenvalue weighted by Gasteiger charge is -2.13. The summed E-state index contributed by atoms with van der Waals surface area (Å²) in [4.78, 5) is 4.25. The van der Waals surface area contributed by atoms with Crippen LogP contribution in [0.5, 0.6) is 0 Å². The molecule has 0 aliphatic rings. The number of anilines is 2. The Kier molecular flexibility index (Phi) is 3.66. The number of imidazole rings is 1. The molecule has 0 saturated heterocycles. The van der Waals surface area contributed by atoms with Crippen molar-refractivity contribution in [1.29, 1.82) is 0 Å². The maximum absolute atomic E-state index is 13.0. The molecule has 0 amide bonds. The fraction of sp³-hybridized carbons (Fsp3) is 0.250. The van der Waals surface area contributed by atoms with Crippen LogP contribution in [-0.2, 0) is 0 Å². The van der Waals surface area contributed by atoms with E-state index < -0.39 is 0 Å². The third-order valence-electron chi connectivity index (χ3n) is 2.40. The molecule has 0 spiro atoms. The summed E-state index contributed by atoms with van der Waals surface area (Å²) in [5, 5.41) is 3.21. The number of nitrogens with one attached hydrogen (secondary N) is 1. The van der Waals surface area contributed by atoms with Crippen LogP contribution in [0.15, 0.2) is 30.6 Å². The number of halogens is 2. The van der Waals surface area contributed by atoms with Crippen molar-refractivity contribution in [3.05, 3.63) is 40.0 Å². The molecule has 1 heterocycles. The Morgan fingerprint density at radius 2 is 2.18 bits per heavy atom. The van der Waals surface area contributed by atoms with Gasteiger partial charge in [-0.15, -0.1) is 0 Å². The van der Waals surface area contributed by atoms with E-state index in [1.807, 2.05) is 10.8 Å². The fourth-order valence-electron chi connectivity index (χ4n) is 1.54. The van der Waals surface area contributed by atoms with Crippen molar-refractivity contribution in [2.45, 2.75) is 19.9 Å². The largest absolute Gasteiger partial charge is 0.325 e. The highest BCUT2D eigenvalue weighted by Crippen LogP contribution is 2.23. The number of benzene rings is 1. The molecule has 2 rings (SSSR count). The smallest absolute Gasteiger partial charge is 0.207 e. The van der Waals surface area contributed by atoms with Gasteiger partial charge in [0.15, 0.2) is 0 Å². The quantitative estimate of drug-likeness (QED) is 0.854. The Hall–Kier alpha value is -1.11. The molecule has 2 aromatic rings. The molecule has 17 heavy (non-hydrogen) atoms. The Morgan fingerprint density at radius 3 is 2.82 bits per heavy atom. The van der Waals surface area contributed by atoms with Crippen molar-refractivity contribution in [2.75, 3.05) is 5.32 Å². The predicted molar refractivity (Wildman–Crippen MR) is 75.0 cm³/mol. The average Bonchev–Trinajstić information content (AvgIpc) is 2.70. The highest BCUT2D eigenvalue weighted by atomic mass is 127. The Bertz CT molecular complexity index is 522. The molecule has 1 aromatic heterocycles. The minimum Gasteiger partial charge on any atom is -0.325 e. The molecular weight excluding hydrogens is 332 g/mol. The van der Waals surface area contributed by atoms with Crippen molar-refractivity contribution >= 4 is 34.2 Å². The van der Waals surface area contributed by atoms with E-state index in [9.17, 15) is 4.39 Å². The van der Waals surface area contributed by atoms with Gasteiger partial charge in [-0.2, -0.15) is 0 Å². The second-order valence-corrected chi connectivity index (χ2v) is 5.16. The van der Waals surface area contributed by atoms with E-state index in [1.54, 1.807) is 12.3 Å². The van der Waals surface area contributed by atoms with E-state index >= 15 is 0 Å². The molecule has 1 N–H and O–H groups in total. The van der Waals surface area contributed by atoms with Crippen molar-refractivity contribution in [2.24, 2.45) is 0 Å². The first-order chi connectivity index (χ1) is 8.08. The van der Waals surface area contributed by atoms with Crippen molar-refractivity contribution in [3.8, 4) is 0 Å². The van der Waals surface area contributed by atoms with E-state index in [4.69, 9.17) is 0 Å². The zero-order valence-electron chi connectivity index (χ0n) is 9.61. The van der Waals surface area contributed by atoms with Gasteiger partial charge in [0.1, 0.15) is 5.82 Å². The van der Waals surface area contributed by atoms with Crippen LogP contribution in [0.3, 0.4) is 0 Å². The molecule has 0 aliphatic heterocycles. The van der Waals surface area contributed by atoms with Gasteiger partial charge in [-0.3, -0.25) is 0 Å². The van der Waals surface area contributed by atoms with Crippen LogP contribution in [0.25, 0.3) is 0 Å². The van der Waals surface area contributed by atoms with E-state index in [0.717, 1.165) is 15.2 Å².